The van der Waals surface area contributed by atoms with Crippen molar-refractivity contribution >= 4 is 34.4 Å². The van der Waals surface area contributed by atoms with Crippen LogP contribution in [0.1, 0.15) is 23.3 Å². The highest BCUT2D eigenvalue weighted by molar-refractivity contribution is 6.01. The lowest BCUT2D eigenvalue weighted by Crippen LogP contribution is -2.48. The number of nitrogens with one attached hydrogen (secondary N) is 4. The van der Waals surface area contributed by atoms with Crippen LogP contribution in [0, 0.1) is 5.92 Å². The molecule has 1 fully saturated rings. The van der Waals surface area contributed by atoms with E-state index in [-0.39, 0.29) is 18.0 Å². The van der Waals surface area contributed by atoms with Gasteiger partial charge in [0.25, 0.3) is 5.91 Å². The van der Waals surface area contributed by atoms with Crippen molar-refractivity contribution in [1.29, 1.82) is 0 Å². The van der Waals surface area contributed by atoms with E-state index in [0.717, 1.165) is 0 Å². The van der Waals surface area contributed by atoms with E-state index in [0.29, 0.717) is 29.6 Å². The van der Waals surface area contributed by atoms with Crippen molar-refractivity contribution in [1.82, 2.24) is 20.9 Å². The Morgan fingerprint density at radius 1 is 1.27 bits per heavy atom. The molecule has 33 heavy (non-hydrogen) atoms. The van der Waals surface area contributed by atoms with E-state index in [2.05, 4.69) is 25.7 Å². The van der Waals surface area contributed by atoms with Gasteiger partial charge in [0.15, 0.2) is 5.78 Å². The van der Waals surface area contributed by atoms with Gasteiger partial charge in [-0.25, -0.2) is 0 Å². The van der Waals surface area contributed by atoms with Crippen molar-refractivity contribution < 1.29 is 37.4 Å². The van der Waals surface area contributed by atoms with E-state index >= 15 is 0 Å². The molecule has 0 aliphatic carbocycles. The van der Waals surface area contributed by atoms with Crippen LogP contribution in [0.4, 0.5) is 8.78 Å². The number of carbonyl (C=O) groups is 4. The third kappa shape index (κ3) is 6.25. The standard InChI is InChI=1S/C21H24F2N4O6/c1-32-17-4-2-3-13-12(17)8-15(26-13)20(31)25-9-18(29)27-14(16(28)10-33-21(22)23)7-11-5-6-24-19(11)30/h2-4,8,11,14,21,26H,5-7,9-10H2,1H3,(H,24,30)(H,25,31)(H,27,29). The van der Waals surface area contributed by atoms with E-state index in [1.165, 1.54) is 7.11 Å². The normalized spacial score (nSPS) is 16.5. The zero-order valence-electron chi connectivity index (χ0n) is 17.8. The van der Waals surface area contributed by atoms with Crippen LogP contribution in [-0.4, -0.2) is 67.9 Å². The highest BCUT2D eigenvalue weighted by atomic mass is 19.3. The maximum absolute atomic E-state index is 12.5. The van der Waals surface area contributed by atoms with Gasteiger partial charge in [0.1, 0.15) is 18.1 Å². The van der Waals surface area contributed by atoms with Gasteiger partial charge in [0.2, 0.25) is 11.8 Å². The topological polar surface area (TPSA) is 139 Å². The Labute approximate surface area is 187 Å². The molecule has 2 unspecified atom stereocenters. The molecular formula is C21H24F2N4O6. The summed E-state index contributed by atoms with van der Waals surface area (Å²) in [4.78, 5) is 51.8. The predicted octanol–water partition coefficient (Wildman–Crippen LogP) is 0.726. The maximum Gasteiger partial charge on any atom is 0.345 e. The molecule has 12 heteroatoms. The lowest BCUT2D eigenvalue weighted by molar-refractivity contribution is -0.152. The van der Waals surface area contributed by atoms with Gasteiger partial charge in [-0.1, -0.05) is 6.07 Å². The molecule has 2 heterocycles. The van der Waals surface area contributed by atoms with Gasteiger partial charge in [0.05, 0.1) is 19.7 Å². The average Bonchev–Trinajstić information content (AvgIpc) is 3.41. The number of alkyl halides is 2. The van der Waals surface area contributed by atoms with Crippen LogP contribution in [0.5, 0.6) is 5.75 Å². The second kappa shape index (κ2) is 10.9. The number of ketones is 1. The minimum atomic E-state index is -3.14. The first kappa shape index (κ1) is 24.1. The van der Waals surface area contributed by atoms with Gasteiger partial charge in [-0.3, -0.25) is 19.2 Å². The van der Waals surface area contributed by atoms with Crippen molar-refractivity contribution in [3.63, 3.8) is 0 Å². The third-order valence-electron chi connectivity index (χ3n) is 5.26. The number of amides is 3. The second-order valence-electron chi connectivity index (χ2n) is 7.46. The van der Waals surface area contributed by atoms with Crippen LogP contribution in [0.3, 0.4) is 0 Å². The number of carbonyl (C=O) groups excluding carboxylic acids is 4. The van der Waals surface area contributed by atoms with Gasteiger partial charge in [-0.15, -0.1) is 0 Å². The lowest BCUT2D eigenvalue weighted by Gasteiger charge is -2.20. The van der Waals surface area contributed by atoms with Crippen LogP contribution in [0.25, 0.3) is 10.9 Å². The SMILES string of the molecule is COc1cccc2[nH]c(C(=O)NCC(=O)NC(CC3CCNC3=O)C(=O)COC(F)F)cc12. The fourth-order valence-corrected chi connectivity index (χ4v) is 3.60. The maximum atomic E-state index is 12.5. The number of ether oxygens (including phenoxy) is 2. The number of benzene rings is 1. The first-order valence-electron chi connectivity index (χ1n) is 10.2. The first-order valence-corrected chi connectivity index (χ1v) is 10.2. The smallest absolute Gasteiger partial charge is 0.345 e. The molecule has 0 radical (unpaired) electrons. The van der Waals surface area contributed by atoms with Crippen LogP contribution in [0.15, 0.2) is 24.3 Å². The number of methoxy groups -OCH3 is 1. The molecule has 1 aliphatic rings. The quantitative estimate of drug-likeness (QED) is 0.385. The monoisotopic (exact) mass is 466 g/mol. The number of aromatic amines is 1. The molecule has 2 aromatic rings. The van der Waals surface area contributed by atoms with Crippen LogP contribution < -0.4 is 20.7 Å². The lowest BCUT2D eigenvalue weighted by atomic mass is 9.96. The number of halogens is 2. The van der Waals surface area contributed by atoms with E-state index in [9.17, 15) is 28.0 Å². The summed E-state index contributed by atoms with van der Waals surface area (Å²) >= 11 is 0. The summed E-state index contributed by atoms with van der Waals surface area (Å²) < 4.78 is 33.9. The molecule has 0 bridgehead atoms. The molecule has 1 saturated heterocycles. The fourth-order valence-electron chi connectivity index (χ4n) is 3.60. The molecular weight excluding hydrogens is 442 g/mol. The molecule has 1 aliphatic heterocycles. The minimum Gasteiger partial charge on any atom is -0.496 e. The van der Waals surface area contributed by atoms with Gasteiger partial charge >= 0.3 is 6.61 Å². The van der Waals surface area contributed by atoms with Crippen LogP contribution >= 0.6 is 0 Å². The van der Waals surface area contributed by atoms with Crippen LogP contribution in [-0.2, 0) is 19.1 Å². The van der Waals surface area contributed by atoms with E-state index in [1.807, 2.05) is 0 Å². The minimum absolute atomic E-state index is 0.0568. The van der Waals surface area contributed by atoms with Crippen molar-refractivity contribution in [2.24, 2.45) is 5.92 Å². The van der Waals surface area contributed by atoms with Gasteiger partial charge in [0, 0.05) is 23.4 Å². The summed E-state index contributed by atoms with van der Waals surface area (Å²) in [5.41, 5.74) is 0.867. The van der Waals surface area contributed by atoms with Gasteiger partial charge in [-0.2, -0.15) is 8.78 Å². The first-order chi connectivity index (χ1) is 15.8. The number of rotatable bonds is 11. The summed E-state index contributed by atoms with van der Waals surface area (Å²) in [7, 11) is 1.51. The molecule has 3 amide bonds. The zero-order chi connectivity index (χ0) is 24.0. The molecule has 0 spiro atoms. The average molecular weight is 466 g/mol. The Morgan fingerprint density at radius 2 is 2.06 bits per heavy atom. The summed E-state index contributed by atoms with van der Waals surface area (Å²) in [6.07, 6.45) is 0.396. The Balaban J connectivity index is 1.60. The highest BCUT2D eigenvalue weighted by Gasteiger charge is 2.31. The molecule has 4 N–H and O–H groups in total. The van der Waals surface area contributed by atoms with E-state index in [1.54, 1.807) is 24.3 Å². The van der Waals surface area contributed by atoms with Crippen molar-refractivity contribution in [3.05, 3.63) is 30.0 Å². The molecule has 1 aromatic heterocycles. The van der Waals surface area contributed by atoms with Crippen molar-refractivity contribution in [2.75, 3.05) is 26.8 Å². The summed E-state index contributed by atoms with van der Waals surface area (Å²) in [6.45, 7) is -4.10. The summed E-state index contributed by atoms with van der Waals surface area (Å²) in [6, 6.07) is 5.63. The van der Waals surface area contributed by atoms with Gasteiger partial charge < -0.3 is 30.4 Å². The Morgan fingerprint density at radius 3 is 2.73 bits per heavy atom. The molecule has 3 rings (SSSR count). The Bertz CT molecular complexity index is 1040. The number of H-pyrrole nitrogens is 1. The number of aromatic nitrogens is 1. The second-order valence-corrected chi connectivity index (χ2v) is 7.46. The molecule has 178 valence electrons. The summed E-state index contributed by atoms with van der Waals surface area (Å²) in [5, 5.41) is 8.13. The van der Waals surface area contributed by atoms with Gasteiger partial charge in [-0.05, 0) is 31.0 Å². The van der Waals surface area contributed by atoms with Crippen molar-refractivity contribution in [3.8, 4) is 5.75 Å². The molecule has 0 saturated carbocycles. The zero-order valence-corrected chi connectivity index (χ0v) is 17.8. The van der Waals surface area contributed by atoms with Crippen molar-refractivity contribution in [2.45, 2.75) is 25.5 Å². The highest BCUT2D eigenvalue weighted by Crippen LogP contribution is 2.25. The largest absolute Gasteiger partial charge is 0.496 e. The fraction of sp³-hybridized carbons (Fsp3) is 0.429. The van der Waals surface area contributed by atoms with E-state index < -0.39 is 49.3 Å². The number of Topliss-reactive ketones (excluding diaryl/α,β-unsaturated/α-hetero) is 1. The molecule has 2 atom stereocenters. The Kier molecular flexibility index (Phi) is 7.93. The third-order valence-corrected chi connectivity index (χ3v) is 5.26. The number of fused-ring (bicyclic) bond motifs is 1. The van der Waals surface area contributed by atoms with Crippen LogP contribution in [0.2, 0.25) is 0 Å². The Hall–Kier alpha value is -3.54. The predicted molar refractivity (Wildman–Crippen MR) is 112 cm³/mol. The molecule has 10 nitrogen and oxygen atoms in total. The number of hydrogen-bond donors (Lipinski definition) is 4. The number of hydrogen-bond acceptors (Lipinski definition) is 6. The van der Waals surface area contributed by atoms with E-state index in [4.69, 9.17) is 4.74 Å². The molecule has 1 aromatic carbocycles. The summed E-state index contributed by atoms with van der Waals surface area (Å²) in [5.74, 6) is -2.32.